The number of aromatic amines is 1. The minimum Gasteiger partial charge on any atom is -0.347 e. The first kappa shape index (κ1) is 18.8. The molecule has 1 heterocycles. The molecule has 0 spiro atoms. The van der Waals surface area contributed by atoms with E-state index >= 15 is 0 Å². The lowest BCUT2D eigenvalue weighted by Gasteiger charge is -2.40. The Balaban J connectivity index is 2.19. The van der Waals surface area contributed by atoms with Gasteiger partial charge >= 0.3 is 10.2 Å². The summed E-state index contributed by atoms with van der Waals surface area (Å²) in [6.07, 6.45) is 0. The van der Waals surface area contributed by atoms with Crippen LogP contribution in [0.4, 0.5) is 23.8 Å². The van der Waals surface area contributed by atoms with Gasteiger partial charge < -0.3 is 10.3 Å². The topological polar surface area (TPSA) is 74.8 Å². The van der Waals surface area contributed by atoms with Crippen LogP contribution < -0.4 is 10.9 Å². The average Bonchev–Trinajstić information content (AvgIpc) is 2.42. The van der Waals surface area contributed by atoms with Gasteiger partial charge in [0.1, 0.15) is 22.2 Å². The molecule has 0 saturated heterocycles. The fourth-order valence-corrected chi connectivity index (χ4v) is 2.52. The Morgan fingerprint density at radius 3 is 2.36 bits per heavy atom. The fourth-order valence-electron chi connectivity index (χ4n) is 1.87. The summed E-state index contributed by atoms with van der Waals surface area (Å²) in [6, 6.07) is 1.09. The zero-order valence-corrected chi connectivity index (χ0v) is 13.3. The van der Waals surface area contributed by atoms with Gasteiger partial charge in [-0.2, -0.15) is 0 Å². The minimum absolute atomic E-state index is 0.0434. The van der Waals surface area contributed by atoms with Crippen molar-refractivity contribution in [3.8, 4) is 0 Å². The van der Waals surface area contributed by atoms with E-state index in [1.165, 1.54) is 6.92 Å². The van der Waals surface area contributed by atoms with Crippen LogP contribution in [0.25, 0.3) is 0 Å². The van der Waals surface area contributed by atoms with Crippen molar-refractivity contribution in [1.29, 1.82) is 0 Å². The number of H-pyrrole nitrogens is 1. The van der Waals surface area contributed by atoms with Crippen molar-refractivity contribution in [3.05, 3.63) is 57.5 Å². The van der Waals surface area contributed by atoms with E-state index in [4.69, 9.17) is 0 Å². The Morgan fingerprint density at radius 1 is 1.20 bits per heavy atom. The highest BCUT2D eigenvalue weighted by Crippen LogP contribution is 3.02. The summed E-state index contributed by atoms with van der Waals surface area (Å²) in [7, 11) is -9.98. The molecule has 0 aliphatic carbocycles. The van der Waals surface area contributed by atoms with Crippen molar-refractivity contribution in [1.82, 2.24) is 15.3 Å². The molecule has 0 aliphatic rings. The van der Waals surface area contributed by atoms with E-state index < -0.39 is 44.5 Å². The monoisotopic (exact) mass is 387 g/mol. The summed E-state index contributed by atoms with van der Waals surface area (Å²) in [5.41, 5.74) is -1.34. The number of aromatic nitrogens is 2. The van der Waals surface area contributed by atoms with E-state index in [0.717, 1.165) is 6.07 Å². The number of aryl methyl sites for hydroxylation is 1. The van der Waals surface area contributed by atoms with Crippen LogP contribution in [-0.2, 0) is 6.54 Å². The molecule has 2 N–H and O–H groups in total. The second-order valence-corrected chi connectivity index (χ2v) is 7.53. The molecule has 0 aliphatic heterocycles. The van der Waals surface area contributed by atoms with Crippen LogP contribution in [0.2, 0.25) is 0 Å². The Labute approximate surface area is 136 Å². The van der Waals surface area contributed by atoms with Crippen molar-refractivity contribution in [2.75, 3.05) is 0 Å². The maximum atomic E-state index is 13.7. The standard InChI is InChI=1S/C13H11F6N3O2S/c1-7-21-11(5-12(23)22-7)13(24)20-6-8-2-3-9(4-10(8)14)25(15,16,17,18)19/h2-5H,6H2,1H3,(H,20,24)(H,21,22,23). The van der Waals surface area contributed by atoms with Crippen LogP contribution in [0.5, 0.6) is 0 Å². The quantitative estimate of drug-likeness (QED) is 0.784. The number of rotatable bonds is 4. The van der Waals surface area contributed by atoms with Crippen LogP contribution in [-0.4, -0.2) is 15.9 Å². The first-order valence-corrected chi connectivity index (χ1v) is 8.49. The molecule has 1 amide bonds. The maximum absolute atomic E-state index is 13.7. The third-order valence-electron chi connectivity index (χ3n) is 3.00. The van der Waals surface area contributed by atoms with Gasteiger partial charge in [-0.1, -0.05) is 25.5 Å². The van der Waals surface area contributed by atoms with Gasteiger partial charge in [0.2, 0.25) is 0 Å². The number of nitrogens with zero attached hydrogens (tertiary/aromatic N) is 1. The molecule has 0 bridgehead atoms. The molecule has 2 aromatic rings. The van der Waals surface area contributed by atoms with Crippen molar-refractivity contribution >= 4 is 16.1 Å². The van der Waals surface area contributed by atoms with Crippen LogP contribution in [0.15, 0.2) is 34.0 Å². The largest absolute Gasteiger partial charge is 0.347 e. The number of carbonyl (C=O) groups excluding carboxylic acids is 1. The van der Waals surface area contributed by atoms with E-state index in [0.29, 0.717) is 6.07 Å². The molecule has 25 heavy (non-hydrogen) atoms. The number of carbonyl (C=O) groups is 1. The Kier molecular flexibility index (Phi) is 3.95. The highest BCUT2D eigenvalue weighted by atomic mass is 32.5. The van der Waals surface area contributed by atoms with E-state index in [9.17, 15) is 33.4 Å². The molecule has 0 radical (unpaired) electrons. The number of nitrogens with one attached hydrogen (secondary N) is 2. The van der Waals surface area contributed by atoms with Crippen molar-refractivity contribution < 1.29 is 28.6 Å². The number of amides is 1. The molecular weight excluding hydrogens is 376 g/mol. The summed E-state index contributed by atoms with van der Waals surface area (Å²) >= 11 is 0. The molecule has 0 atom stereocenters. The van der Waals surface area contributed by atoms with Crippen molar-refractivity contribution in [3.63, 3.8) is 0 Å². The first-order valence-electron chi connectivity index (χ1n) is 6.54. The zero-order valence-electron chi connectivity index (χ0n) is 12.5. The molecule has 0 unspecified atom stereocenters. The third-order valence-corrected chi connectivity index (χ3v) is 4.15. The predicted octanol–water partition coefficient (Wildman–Crippen LogP) is 3.80. The molecular formula is C13H11F6N3O2S. The molecule has 0 saturated carbocycles. The van der Waals surface area contributed by atoms with Crippen LogP contribution >= 0.6 is 10.2 Å². The Bertz CT molecular complexity index is 911. The smallest absolute Gasteiger partial charge is 0.310 e. The second kappa shape index (κ2) is 5.25. The van der Waals surface area contributed by atoms with Gasteiger partial charge in [0.05, 0.1) is 0 Å². The van der Waals surface area contributed by atoms with Gasteiger partial charge in [0, 0.05) is 18.2 Å². The van der Waals surface area contributed by atoms with Gasteiger partial charge in [-0.15, -0.1) is 0 Å². The van der Waals surface area contributed by atoms with Gasteiger partial charge in [-0.05, 0) is 19.1 Å². The highest BCUT2D eigenvalue weighted by molar-refractivity contribution is 8.45. The summed E-state index contributed by atoms with van der Waals surface area (Å²) in [4.78, 5) is 26.7. The molecule has 0 fully saturated rings. The fraction of sp³-hybridized carbons (Fsp3) is 0.154. The Hall–Kier alpha value is -2.50. The van der Waals surface area contributed by atoms with Gasteiger partial charge in [-0.3, -0.25) is 9.59 Å². The number of hydrogen-bond acceptors (Lipinski definition) is 3. The first-order chi connectivity index (χ1) is 11.2. The molecule has 2 rings (SSSR count). The minimum atomic E-state index is -9.98. The van der Waals surface area contributed by atoms with Crippen molar-refractivity contribution in [2.45, 2.75) is 18.4 Å². The molecule has 1 aromatic heterocycles. The lowest BCUT2D eigenvalue weighted by atomic mass is 10.2. The Morgan fingerprint density at radius 2 is 1.84 bits per heavy atom. The summed E-state index contributed by atoms with van der Waals surface area (Å²) < 4.78 is 76.6. The SMILES string of the molecule is Cc1nc(C(=O)NCc2ccc(S(F)(F)(F)(F)F)cc2F)cc(=O)[nH]1. The lowest BCUT2D eigenvalue weighted by molar-refractivity contribution is 0.0945. The molecule has 138 valence electrons. The van der Waals surface area contributed by atoms with E-state index in [2.05, 4.69) is 15.3 Å². The average molecular weight is 387 g/mol. The van der Waals surface area contributed by atoms with E-state index in [1.807, 2.05) is 0 Å². The molecule has 1 aromatic carbocycles. The van der Waals surface area contributed by atoms with Crippen molar-refractivity contribution in [2.24, 2.45) is 0 Å². The lowest BCUT2D eigenvalue weighted by Crippen LogP contribution is -2.26. The highest BCUT2D eigenvalue weighted by Gasteiger charge is 2.65. The number of hydrogen-bond donors (Lipinski definition) is 2. The summed E-state index contributed by atoms with van der Waals surface area (Å²) in [5, 5.41) is 2.13. The van der Waals surface area contributed by atoms with Gasteiger partial charge in [0.25, 0.3) is 11.5 Å². The maximum Gasteiger partial charge on any atom is 0.310 e. The normalized spacial score (nSPS) is 14.5. The summed E-state index contributed by atoms with van der Waals surface area (Å²) in [5.74, 6) is -2.30. The summed E-state index contributed by atoms with van der Waals surface area (Å²) in [6.45, 7) is 0.829. The van der Waals surface area contributed by atoms with E-state index in [1.54, 1.807) is 0 Å². The zero-order chi connectivity index (χ0) is 19.1. The van der Waals surface area contributed by atoms with Crippen LogP contribution in [0.3, 0.4) is 0 Å². The van der Waals surface area contributed by atoms with E-state index in [-0.39, 0.29) is 23.7 Å². The van der Waals surface area contributed by atoms with Gasteiger partial charge in [-0.25, -0.2) is 9.37 Å². The third kappa shape index (κ3) is 4.75. The molecule has 5 nitrogen and oxygen atoms in total. The number of benzene rings is 1. The second-order valence-electron chi connectivity index (χ2n) is 5.12. The van der Waals surface area contributed by atoms with Gasteiger partial charge in [0.15, 0.2) is 0 Å². The molecule has 12 heteroatoms. The van der Waals surface area contributed by atoms with Crippen LogP contribution in [0.1, 0.15) is 21.9 Å². The predicted molar refractivity (Wildman–Crippen MR) is 78.6 cm³/mol. The number of halogens is 6. The van der Waals surface area contributed by atoms with Crippen LogP contribution in [0, 0.1) is 12.7 Å².